The Balaban J connectivity index is 1.83. The monoisotopic (exact) mass is 481 g/mol. The van der Waals surface area contributed by atoms with Crippen molar-refractivity contribution in [1.82, 2.24) is 5.43 Å². The number of aromatic hydroxyl groups is 1. The van der Waals surface area contributed by atoms with Gasteiger partial charge in [0.15, 0.2) is 11.5 Å². The summed E-state index contributed by atoms with van der Waals surface area (Å²) in [5.41, 5.74) is 5.10. The zero-order valence-corrected chi connectivity index (χ0v) is 20.0. The van der Waals surface area contributed by atoms with Gasteiger partial charge >= 0.3 is 0 Å². The number of amides is 1. The van der Waals surface area contributed by atoms with Gasteiger partial charge in [0.1, 0.15) is 6.54 Å². The average molecular weight is 482 g/mol. The van der Waals surface area contributed by atoms with E-state index in [1.165, 1.54) is 24.4 Å². The molecule has 0 saturated heterocycles. The van der Waals surface area contributed by atoms with Gasteiger partial charge in [0.25, 0.3) is 15.9 Å². The molecule has 0 radical (unpaired) electrons. The number of aryl methyl sites for hydroxylation is 2. The molecular weight excluding hydrogens is 454 g/mol. The highest BCUT2D eigenvalue weighted by Gasteiger charge is 2.27. The highest BCUT2D eigenvalue weighted by Crippen LogP contribution is 2.27. The molecule has 2 N–H and O–H groups in total. The number of nitrogens with one attached hydrogen (secondary N) is 1. The van der Waals surface area contributed by atoms with Gasteiger partial charge in [0.2, 0.25) is 0 Å². The Hall–Kier alpha value is -3.85. The Bertz CT molecular complexity index is 1270. The molecule has 3 rings (SSSR count). The van der Waals surface area contributed by atoms with Crippen molar-refractivity contribution in [3.63, 3.8) is 0 Å². The van der Waals surface area contributed by atoms with Gasteiger partial charge in [-0.15, -0.1) is 0 Å². The topological polar surface area (TPSA) is 108 Å². The van der Waals surface area contributed by atoms with Crippen LogP contribution < -0.4 is 14.5 Å². The summed E-state index contributed by atoms with van der Waals surface area (Å²) >= 11 is 0. The highest BCUT2D eigenvalue weighted by molar-refractivity contribution is 7.92. The van der Waals surface area contributed by atoms with E-state index < -0.39 is 22.5 Å². The van der Waals surface area contributed by atoms with Crippen LogP contribution in [0.25, 0.3) is 0 Å². The summed E-state index contributed by atoms with van der Waals surface area (Å²) in [6, 6.07) is 18.0. The number of anilines is 1. The first-order valence-corrected chi connectivity index (χ1v) is 12.1. The molecule has 0 aliphatic heterocycles. The third-order valence-corrected chi connectivity index (χ3v) is 6.59. The molecule has 0 fully saturated rings. The summed E-state index contributed by atoms with van der Waals surface area (Å²) in [6.45, 7) is 5.45. The lowest BCUT2D eigenvalue weighted by atomic mass is 10.1. The van der Waals surface area contributed by atoms with Crippen LogP contribution in [0.3, 0.4) is 0 Å². The molecule has 8 nitrogen and oxygen atoms in total. The summed E-state index contributed by atoms with van der Waals surface area (Å²) in [5, 5.41) is 13.7. The first kappa shape index (κ1) is 24.8. The fraction of sp³-hybridized carbons (Fsp3) is 0.200. The van der Waals surface area contributed by atoms with Gasteiger partial charge in [0, 0.05) is 0 Å². The number of rotatable bonds is 9. The minimum absolute atomic E-state index is 0.00163. The average Bonchev–Trinajstić information content (AvgIpc) is 2.79. The quantitative estimate of drug-likeness (QED) is 0.357. The van der Waals surface area contributed by atoms with Gasteiger partial charge in [0.05, 0.1) is 23.4 Å². The van der Waals surface area contributed by atoms with Crippen molar-refractivity contribution in [3.8, 4) is 11.5 Å². The number of nitrogens with zero attached hydrogens (tertiary/aromatic N) is 2. The fourth-order valence-corrected chi connectivity index (χ4v) is 4.78. The lowest BCUT2D eigenvalue weighted by Gasteiger charge is -2.24. The van der Waals surface area contributed by atoms with Gasteiger partial charge in [-0.3, -0.25) is 9.10 Å². The number of sulfonamides is 1. The number of phenols is 1. The standard InChI is InChI=1S/C25H27N3O5S/c1-4-33-24-15-20(10-11-23(24)29)16-26-27-25(30)17-28(21-13-18(2)12-19(3)14-21)34(31,32)22-8-6-5-7-9-22/h5-16,29H,4,17H2,1-3H3,(H,27,30)/b26-16-. The number of ether oxygens (including phenoxy) is 1. The summed E-state index contributed by atoms with van der Waals surface area (Å²) in [7, 11) is -4.00. The van der Waals surface area contributed by atoms with Crippen LogP contribution in [0.15, 0.2) is 76.7 Å². The maximum Gasteiger partial charge on any atom is 0.264 e. The van der Waals surface area contributed by atoms with Crippen LogP contribution in [0.2, 0.25) is 0 Å². The molecule has 1 amide bonds. The second-order valence-corrected chi connectivity index (χ2v) is 9.49. The van der Waals surface area contributed by atoms with Gasteiger partial charge < -0.3 is 9.84 Å². The Morgan fingerprint density at radius 3 is 2.38 bits per heavy atom. The van der Waals surface area contributed by atoms with Crippen LogP contribution in [0.4, 0.5) is 5.69 Å². The SMILES string of the molecule is CCOc1cc(/C=N\NC(=O)CN(c2cc(C)cc(C)c2)S(=O)(=O)c2ccccc2)ccc1O. The molecule has 3 aromatic rings. The van der Waals surface area contributed by atoms with Crippen molar-refractivity contribution >= 4 is 27.8 Å². The van der Waals surface area contributed by atoms with Gasteiger partial charge in [-0.05, 0) is 79.9 Å². The number of carbonyl (C=O) groups excluding carboxylic acids is 1. The predicted octanol–water partition coefficient (Wildman–Crippen LogP) is 3.75. The number of hydrogen-bond donors (Lipinski definition) is 2. The summed E-state index contributed by atoms with van der Waals surface area (Å²) in [6.07, 6.45) is 1.38. The maximum absolute atomic E-state index is 13.4. The zero-order valence-electron chi connectivity index (χ0n) is 19.2. The summed E-state index contributed by atoms with van der Waals surface area (Å²) in [5.74, 6) is -0.315. The molecule has 0 saturated carbocycles. The van der Waals surface area contributed by atoms with Crippen molar-refractivity contribution in [2.75, 3.05) is 17.5 Å². The maximum atomic E-state index is 13.4. The Labute approximate surface area is 199 Å². The van der Waals surface area contributed by atoms with E-state index in [0.29, 0.717) is 23.6 Å². The van der Waals surface area contributed by atoms with Crippen molar-refractivity contribution in [3.05, 3.63) is 83.4 Å². The van der Waals surface area contributed by atoms with Crippen molar-refractivity contribution in [2.45, 2.75) is 25.7 Å². The molecule has 0 spiro atoms. The van der Waals surface area contributed by atoms with Crippen LogP contribution >= 0.6 is 0 Å². The van der Waals surface area contributed by atoms with Crippen LogP contribution in [0.1, 0.15) is 23.6 Å². The number of phenolic OH excluding ortho intramolecular Hbond substituents is 1. The van der Waals surface area contributed by atoms with Crippen LogP contribution in [-0.2, 0) is 14.8 Å². The lowest BCUT2D eigenvalue weighted by molar-refractivity contribution is -0.119. The minimum Gasteiger partial charge on any atom is -0.504 e. The highest BCUT2D eigenvalue weighted by atomic mass is 32.2. The molecule has 3 aromatic carbocycles. The van der Waals surface area contributed by atoms with Crippen LogP contribution in [0, 0.1) is 13.8 Å². The fourth-order valence-electron chi connectivity index (χ4n) is 3.36. The minimum atomic E-state index is -4.00. The largest absolute Gasteiger partial charge is 0.504 e. The second kappa shape index (κ2) is 10.8. The van der Waals surface area contributed by atoms with Gasteiger partial charge in [-0.2, -0.15) is 5.10 Å². The number of benzene rings is 3. The molecule has 0 aliphatic rings. The van der Waals surface area contributed by atoms with E-state index in [1.54, 1.807) is 49.4 Å². The molecule has 0 heterocycles. The Morgan fingerprint density at radius 1 is 1.06 bits per heavy atom. The van der Waals surface area contributed by atoms with Gasteiger partial charge in [-0.1, -0.05) is 24.3 Å². The molecule has 0 bridgehead atoms. The normalized spacial score (nSPS) is 11.4. The molecule has 0 atom stereocenters. The van der Waals surface area contributed by atoms with Crippen molar-refractivity contribution in [1.29, 1.82) is 0 Å². The zero-order chi connectivity index (χ0) is 24.7. The van der Waals surface area contributed by atoms with Gasteiger partial charge in [-0.25, -0.2) is 13.8 Å². The molecule has 0 unspecified atom stereocenters. The third kappa shape index (κ3) is 6.14. The Morgan fingerprint density at radius 2 is 1.74 bits per heavy atom. The second-order valence-electron chi connectivity index (χ2n) is 7.62. The van der Waals surface area contributed by atoms with E-state index in [2.05, 4.69) is 10.5 Å². The molecule has 34 heavy (non-hydrogen) atoms. The van der Waals surface area contributed by atoms with E-state index in [1.807, 2.05) is 19.9 Å². The number of hydrazone groups is 1. The molecule has 0 aromatic heterocycles. The number of hydrogen-bond acceptors (Lipinski definition) is 6. The lowest BCUT2D eigenvalue weighted by Crippen LogP contribution is -2.39. The summed E-state index contributed by atoms with van der Waals surface area (Å²) < 4.78 is 33.2. The van der Waals surface area contributed by atoms with E-state index in [9.17, 15) is 18.3 Å². The molecule has 0 aliphatic carbocycles. The molecule has 178 valence electrons. The molecule has 9 heteroatoms. The molecular formula is C25H27N3O5S. The van der Waals surface area contributed by atoms with E-state index >= 15 is 0 Å². The Kier molecular flexibility index (Phi) is 7.91. The van der Waals surface area contributed by atoms with Crippen molar-refractivity contribution in [2.24, 2.45) is 5.10 Å². The van der Waals surface area contributed by atoms with Crippen LogP contribution in [-0.4, -0.2) is 38.8 Å². The third-order valence-electron chi connectivity index (χ3n) is 4.80. The van der Waals surface area contributed by atoms with Crippen molar-refractivity contribution < 1.29 is 23.1 Å². The van der Waals surface area contributed by atoms with Crippen LogP contribution in [0.5, 0.6) is 11.5 Å². The van der Waals surface area contributed by atoms with E-state index in [4.69, 9.17) is 4.74 Å². The number of carbonyl (C=O) groups is 1. The first-order chi connectivity index (χ1) is 16.2. The first-order valence-electron chi connectivity index (χ1n) is 10.6. The smallest absolute Gasteiger partial charge is 0.264 e. The summed E-state index contributed by atoms with van der Waals surface area (Å²) in [4.78, 5) is 12.8. The van der Waals surface area contributed by atoms with E-state index in [-0.39, 0.29) is 10.6 Å². The van der Waals surface area contributed by atoms with E-state index in [0.717, 1.165) is 15.4 Å². The predicted molar refractivity (Wildman–Crippen MR) is 132 cm³/mol.